The lowest BCUT2D eigenvalue weighted by molar-refractivity contribution is 0.0963. The molecular formula is C16H19N3O3S. The van der Waals surface area contributed by atoms with Crippen LogP contribution in [-0.4, -0.2) is 36.8 Å². The average Bonchev–Trinajstić information content (AvgIpc) is 3.04. The summed E-state index contributed by atoms with van der Waals surface area (Å²) >= 11 is 0. The van der Waals surface area contributed by atoms with E-state index in [0.717, 1.165) is 5.69 Å². The number of sulfonamides is 1. The van der Waals surface area contributed by atoms with Crippen molar-refractivity contribution in [3.05, 3.63) is 53.9 Å². The van der Waals surface area contributed by atoms with Gasteiger partial charge in [-0.1, -0.05) is 0 Å². The zero-order valence-electron chi connectivity index (χ0n) is 13.1. The number of hydrogen-bond donors (Lipinski definition) is 1. The number of aromatic nitrogens is 1. The van der Waals surface area contributed by atoms with Crippen molar-refractivity contribution in [3.63, 3.8) is 0 Å². The summed E-state index contributed by atoms with van der Waals surface area (Å²) in [7, 11) is -2.05. The predicted octanol–water partition coefficient (Wildman–Crippen LogP) is 1.61. The predicted molar refractivity (Wildman–Crippen MR) is 86.6 cm³/mol. The molecule has 7 heteroatoms. The van der Waals surface area contributed by atoms with Crippen LogP contribution >= 0.6 is 0 Å². The molecule has 1 atom stereocenters. The fourth-order valence-corrected chi connectivity index (χ4v) is 4.54. The van der Waals surface area contributed by atoms with E-state index in [2.05, 4.69) is 9.88 Å². The van der Waals surface area contributed by atoms with Crippen molar-refractivity contribution in [2.75, 3.05) is 13.6 Å². The number of amides is 1. The van der Waals surface area contributed by atoms with Crippen LogP contribution in [0, 0.1) is 0 Å². The first-order valence-corrected chi connectivity index (χ1v) is 8.88. The van der Waals surface area contributed by atoms with Crippen LogP contribution in [0.3, 0.4) is 0 Å². The van der Waals surface area contributed by atoms with Gasteiger partial charge in [0.15, 0.2) is 0 Å². The Bertz CT molecular complexity index is 825. The average molecular weight is 333 g/mol. The Morgan fingerprint density at radius 1 is 1.17 bits per heavy atom. The van der Waals surface area contributed by atoms with Gasteiger partial charge in [-0.3, -0.25) is 4.79 Å². The molecule has 2 heterocycles. The van der Waals surface area contributed by atoms with E-state index in [9.17, 15) is 13.2 Å². The Hall–Kier alpha value is -2.12. The quantitative estimate of drug-likeness (QED) is 0.928. The van der Waals surface area contributed by atoms with Gasteiger partial charge in [0.1, 0.15) is 0 Å². The first kappa shape index (κ1) is 15.8. The minimum absolute atomic E-state index is 0.206. The van der Waals surface area contributed by atoms with Crippen LogP contribution in [-0.2, 0) is 16.6 Å². The van der Waals surface area contributed by atoms with E-state index < -0.39 is 10.0 Å². The van der Waals surface area contributed by atoms with Gasteiger partial charge in [-0.2, -0.15) is 4.31 Å². The molecule has 1 aromatic carbocycles. The summed E-state index contributed by atoms with van der Waals surface area (Å²) in [5, 5.41) is 2.52. The second-order valence-corrected chi connectivity index (χ2v) is 7.41. The van der Waals surface area contributed by atoms with E-state index >= 15 is 0 Å². The Kier molecular flexibility index (Phi) is 3.99. The molecule has 1 amide bonds. The first-order valence-electron chi connectivity index (χ1n) is 7.44. The molecular weight excluding hydrogens is 314 g/mol. The van der Waals surface area contributed by atoms with Gasteiger partial charge in [0, 0.05) is 37.6 Å². The second kappa shape index (κ2) is 5.82. The number of benzene rings is 1. The molecule has 1 aliphatic heterocycles. The highest BCUT2D eigenvalue weighted by Crippen LogP contribution is 2.30. The van der Waals surface area contributed by atoms with Crippen LogP contribution in [0.5, 0.6) is 0 Å². The van der Waals surface area contributed by atoms with E-state index in [1.165, 1.54) is 35.6 Å². The van der Waals surface area contributed by atoms with Crippen molar-refractivity contribution in [1.82, 2.24) is 14.2 Å². The Labute approximate surface area is 135 Å². The van der Waals surface area contributed by atoms with Crippen LogP contribution in [0.2, 0.25) is 0 Å². The highest BCUT2D eigenvalue weighted by Gasteiger charge is 2.33. The highest BCUT2D eigenvalue weighted by atomic mass is 32.2. The molecule has 0 saturated heterocycles. The third-order valence-corrected chi connectivity index (χ3v) is 6.22. The molecule has 122 valence electrons. The minimum Gasteiger partial charge on any atom is -0.355 e. The van der Waals surface area contributed by atoms with E-state index in [1.807, 2.05) is 25.3 Å². The number of hydrogen-bond acceptors (Lipinski definition) is 3. The maximum atomic E-state index is 12.9. The standard InChI is InChI=1S/C16H19N3O3S/c1-12-15-4-3-9-18(15)10-11-19(12)23(21,22)14-7-5-13(6-8-14)16(20)17-2/h3-9,12H,10-11H2,1-2H3,(H,17,20)/t12-/m1/s1. The van der Waals surface area contributed by atoms with Crippen molar-refractivity contribution in [2.24, 2.45) is 0 Å². The summed E-state index contributed by atoms with van der Waals surface area (Å²) in [6.07, 6.45) is 1.97. The van der Waals surface area contributed by atoms with Crippen LogP contribution in [0.25, 0.3) is 0 Å². The maximum absolute atomic E-state index is 12.9. The number of carbonyl (C=O) groups excluding carboxylic acids is 1. The molecule has 23 heavy (non-hydrogen) atoms. The van der Waals surface area contributed by atoms with Crippen molar-refractivity contribution in [3.8, 4) is 0 Å². The summed E-state index contributed by atoms with van der Waals surface area (Å²) in [5.74, 6) is -0.238. The summed E-state index contributed by atoms with van der Waals surface area (Å²) in [6.45, 7) is 2.96. The number of fused-ring (bicyclic) bond motifs is 1. The normalized spacial score (nSPS) is 18.4. The van der Waals surface area contributed by atoms with Crippen molar-refractivity contribution in [2.45, 2.75) is 24.4 Å². The summed E-state index contributed by atoms with van der Waals surface area (Å²) < 4.78 is 29.4. The SMILES string of the molecule is CNC(=O)c1ccc(S(=O)(=O)N2CCn3cccc3[C@H]2C)cc1. The molecule has 0 saturated carbocycles. The van der Waals surface area contributed by atoms with Gasteiger partial charge in [0.25, 0.3) is 5.91 Å². The minimum atomic E-state index is -3.59. The maximum Gasteiger partial charge on any atom is 0.251 e. The van der Waals surface area contributed by atoms with E-state index in [1.54, 1.807) is 0 Å². The van der Waals surface area contributed by atoms with Crippen LogP contribution < -0.4 is 5.32 Å². The van der Waals surface area contributed by atoms with Gasteiger partial charge in [-0.05, 0) is 43.3 Å². The molecule has 6 nitrogen and oxygen atoms in total. The van der Waals surface area contributed by atoms with E-state index in [0.29, 0.717) is 18.7 Å². The molecule has 1 N–H and O–H groups in total. The molecule has 0 bridgehead atoms. The number of rotatable bonds is 3. The summed E-state index contributed by atoms with van der Waals surface area (Å²) in [6, 6.07) is 9.69. The molecule has 0 spiro atoms. The lowest BCUT2D eigenvalue weighted by Crippen LogP contribution is -2.40. The summed E-state index contributed by atoms with van der Waals surface area (Å²) in [5.41, 5.74) is 1.42. The topological polar surface area (TPSA) is 71.4 Å². The first-order chi connectivity index (χ1) is 10.9. The number of carbonyl (C=O) groups is 1. The van der Waals surface area contributed by atoms with Crippen LogP contribution in [0.4, 0.5) is 0 Å². The fourth-order valence-electron chi connectivity index (χ4n) is 2.94. The molecule has 1 aliphatic rings. The number of nitrogens with zero attached hydrogens (tertiary/aromatic N) is 2. The Morgan fingerprint density at radius 3 is 2.52 bits per heavy atom. The van der Waals surface area contributed by atoms with Crippen LogP contribution in [0.1, 0.15) is 29.0 Å². The van der Waals surface area contributed by atoms with Gasteiger partial charge in [0.2, 0.25) is 10.0 Å². The van der Waals surface area contributed by atoms with Crippen molar-refractivity contribution in [1.29, 1.82) is 0 Å². The molecule has 0 radical (unpaired) electrons. The molecule has 0 fully saturated rings. The van der Waals surface area contributed by atoms with Crippen molar-refractivity contribution >= 4 is 15.9 Å². The molecule has 1 aromatic heterocycles. The zero-order chi connectivity index (χ0) is 16.6. The molecule has 0 aliphatic carbocycles. The highest BCUT2D eigenvalue weighted by molar-refractivity contribution is 7.89. The van der Waals surface area contributed by atoms with Gasteiger partial charge < -0.3 is 9.88 Å². The van der Waals surface area contributed by atoms with Crippen LogP contribution in [0.15, 0.2) is 47.5 Å². The monoisotopic (exact) mass is 333 g/mol. The van der Waals surface area contributed by atoms with Gasteiger partial charge in [-0.25, -0.2) is 8.42 Å². The smallest absolute Gasteiger partial charge is 0.251 e. The molecule has 2 aromatic rings. The zero-order valence-corrected chi connectivity index (χ0v) is 13.9. The van der Waals surface area contributed by atoms with Gasteiger partial charge >= 0.3 is 0 Å². The third-order valence-electron chi connectivity index (χ3n) is 4.24. The van der Waals surface area contributed by atoms with Gasteiger partial charge in [0.05, 0.1) is 10.9 Å². The Balaban J connectivity index is 1.92. The Morgan fingerprint density at radius 2 is 1.87 bits per heavy atom. The molecule has 3 rings (SSSR count). The molecule has 0 unspecified atom stereocenters. The third kappa shape index (κ3) is 2.66. The second-order valence-electron chi connectivity index (χ2n) is 5.52. The fraction of sp³-hybridized carbons (Fsp3) is 0.312. The summed E-state index contributed by atoms with van der Waals surface area (Å²) in [4.78, 5) is 11.8. The number of nitrogens with one attached hydrogen (secondary N) is 1. The van der Waals surface area contributed by atoms with E-state index in [4.69, 9.17) is 0 Å². The lowest BCUT2D eigenvalue weighted by Gasteiger charge is -2.33. The van der Waals surface area contributed by atoms with E-state index in [-0.39, 0.29) is 16.8 Å². The lowest BCUT2D eigenvalue weighted by atomic mass is 10.2. The van der Waals surface area contributed by atoms with Gasteiger partial charge in [-0.15, -0.1) is 0 Å². The van der Waals surface area contributed by atoms with Crippen molar-refractivity contribution < 1.29 is 13.2 Å². The largest absolute Gasteiger partial charge is 0.355 e.